The molecule has 0 bridgehead atoms. The van der Waals surface area contributed by atoms with Crippen LogP contribution in [0.2, 0.25) is 0 Å². The zero-order chi connectivity index (χ0) is 12.7. The molecule has 1 aliphatic rings. The summed E-state index contributed by atoms with van der Waals surface area (Å²) in [6, 6.07) is 5.31. The second-order valence-corrected chi connectivity index (χ2v) is 3.95. The van der Waals surface area contributed by atoms with E-state index in [1.54, 1.807) is 25.1 Å². The SMILES string of the molecule is Cc1[nH]nc(C(=O)O)c1-c1ccc2c(c1)OCO2. The van der Waals surface area contributed by atoms with Crippen LogP contribution in [0, 0.1) is 6.92 Å². The van der Waals surface area contributed by atoms with Crippen molar-refractivity contribution >= 4 is 5.97 Å². The van der Waals surface area contributed by atoms with E-state index in [0.717, 1.165) is 5.56 Å². The van der Waals surface area contributed by atoms with Gasteiger partial charge in [0.15, 0.2) is 17.2 Å². The minimum atomic E-state index is -1.06. The Morgan fingerprint density at radius 1 is 1.39 bits per heavy atom. The van der Waals surface area contributed by atoms with Gasteiger partial charge in [0.2, 0.25) is 6.79 Å². The summed E-state index contributed by atoms with van der Waals surface area (Å²) in [5, 5.41) is 15.6. The third-order valence-corrected chi connectivity index (χ3v) is 2.81. The Bertz CT molecular complexity index is 633. The van der Waals surface area contributed by atoms with Crippen LogP contribution >= 0.6 is 0 Å². The molecule has 2 aromatic rings. The summed E-state index contributed by atoms with van der Waals surface area (Å²) in [5.74, 6) is 0.216. The Morgan fingerprint density at radius 2 is 2.17 bits per heavy atom. The highest BCUT2D eigenvalue weighted by Gasteiger charge is 2.21. The van der Waals surface area contributed by atoms with Crippen molar-refractivity contribution in [1.82, 2.24) is 10.2 Å². The third kappa shape index (κ3) is 1.50. The van der Waals surface area contributed by atoms with Gasteiger partial charge >= 0.3 is 5.97 Å². The first-order valence-electron chi connectivity index (χ1n) is 5.35. The summed E-state index contributed by atoms with van der Waals surface area (Å²) in [5.41, 5.74) is 2.02. The zero-order valence-electron chi connectivity index (χ0n) is 9.56. The van der Waals surface area contributed by atoms with E-state index in [1.165, 1.54) is 0 Å². The van der Waals surface area contributed by atoms with Crippen LogP contribution in [0.25, 0.3) is 11.1 Å². The zero-order valence-corrected chi connectivity index (χ0v) is 9.56. The van der Waals surface area contributed by atoms with Crippen LogP contribution in [-0.4, -0.2) is 28.1 Å². The lowest BCUT2D eigenvalue weighted by molar-refractivity contribution is 0.0691. The first-order valence-corrected chi connectivity index (χ1v) is 5.35. The normalized spacial score (nSPS) is 12.7. The first-order chi connectivity index (χ1) is 8.66. The van der Waals surface area contributed by atoms with Gasteiger partial charge < -0.3 is 14.6 Å². The molecule has 0 fully saturated rings. The molecule has 18 heavy (non-hydrogen) atoms. The molecule has 0 unspecified atom stereocenters. The van der Waals surface area contributed by atoms with E-state index in [2.05, 4.69) is 10.2 Å². The van der Waals surface area contributed by atoms with Gasteiger partial charge in [-0.3, -0.25) is 5.10 Å². The molecule has 92 valence electrons. The Labute approximate surface area is 102 Å². The van der Waals surface area contributed by atoms with Gasteiger partial charge in [-0.15, -0.1) is 0 Å². The lowest BCUT2D eigenvalue weighted by atomic mass is 10.0. The van der Waals surface area contributed by atoms with Gasteiger partial charge in [0.05, 0.1) is 0 Å². The van der Waals surface area contributed by atoms with E-state index >= 15 is 0 Å². The number of hydrogen-bond donors (Lipinski definition) is 2. The summed E-state index contributed by atoms with van der Waals surface area (Å²) < 4.78 is 10.5. The number of nitrogens with one attached hydrogen (secondary N) is 1. The molecule has 0 saturated carbocycles. The second kappa shape index (κ2) is 3.76. The summed E-state index contributed by atoms with van der Waals surface area (Å²) >= 11 is 0. The van der Waals surface area contributed by atoms with Gasteiger partial charge in [0, 0.05) is 11.3 Å². The monoisotopic (exact) mass is 246 g/mol. The predicted octanol–water partition coefficient (Wildman–Crippen LogP) is 1.81. The van der Waals surface area contributed by atoms with Gasteiger partial charge in [-0.2, -0.15) is 5.10 Å². The Morgan fingerprint density at radius 3 is 2.94 bits per heavy atom. The molecule has 0 amide bonds. The second-order valence-electron chi connectivity index (χ2n) is 3.95. The van der Waals surface area contributed by atoms with Crippen molar-refractivity contribution in [2.75, 3.05) is 6.79 Å². The fourth-order valence-corrected chi connectivity index (χ4v) is 1.99. The minimum absolute atomic E-state index is 0.00589. The number of ether oxygens (including phenoxy) is 2. The molecule has 0 spiro atoms. The number of carbonyl (C=O) groups is 1. The average molecular weight is 246 g/mol. The Kier molecular flexibility index (Phi) is 2.22. The van der Waals surface area contributed by atoms with Gasteiger partial charge in [-0.1, -0.05) is 6.07 Å². The van der Waals surface area contributed by atoms with Crippen LogP contribution in [0.3, 0.4) is 0 Å². The van der Waals surface area contributed by atoms with Crippen molar-refractivity contribution in [3.8, 4) is 22.6 Å². The smallest absolute Gasteiger partial charge is 0.357 e. The number of aromatic nitrogens is 2. The number of benzene rings is 1. The number of rotatable bonds is 2. The van der Waals surface area contributed by atoms with E-state index in [0.29, 0.717) is 22.8 Å². The lowest BCUT2D eigenvalue weighted by Gasteiger charge is -2.03. The molecule has 0 radical (unpaired) electrons. The van der Waals surface area contributed by atoms with Crippen LogP contribution < -0.4 is 9.47 Å². The molecular formula is C12H10N2O4. The largest absolute Gasteiger partial charge is 0.476 e. The van der Waals surface area contributed by atoms with E-state index in [-0.39, 0.29) is 12.5 Å². The Hall–Kier alpha value is -2.50. The van der Waals surface area contributed by atoms with Gasteiger partial charge in [0.25, 0.3) is 0 Å². The molecule has 1 aromatic carbocycles. The van der Waals surface area contributed by atoms with Crippen molar-refractivity contribution in [2.24, 2.45) is 0 Å². The van der Waals surface area contributed by atoms with Crippen molar-refractivity contribution in [3.05, 3.63) is 29.6 Å². The minimum Gasteiger partial charge on any atom is -0.476 e. The molecule has 6 heteroatoms. The Balaban J connectivity index is 2.15. The van der Waals surface area contributed by atoms with Crippen molar-refractivity contribution in [3.63, 3.8) is 0 Å². The van der Waals surface area contributed by atoms with Crippen molar-refractivity contribution in [1.29, 1.82) is 0 Å². The van der Waals surface area contributed by atoms with Crippen LogP contribution in [-0.2, 0) is 0 Å². The molecule has 2 heterocycles. The lowest BCUT2D eigenvalue weighted by Crippen LogP contribution is -1.99. The maximum atomic E-state index is 11.1. The van der Waals surface area contributed by atoms with E-state index < -0.39 is 5.97 Å². The number of carboxylic acids is 1. The maximum Gasteiger partial charge on any atom is 0.357 e. The van der Waals surface area contributed by atoms with Gasteiger partial charge in [0.1, 0.15) is 0 Å². The summed E-state index contributed by atoms with van der Waals surface area (Å²) in [4.78, 5) is 11.1. The first kappa shape index (κ1) is 10.6. The highest BCUT2D eigenvalue weighted by Crippen LogP contribution is 2.37. The molecule has 0 aliphatic carbocycles. The summed E-state index contributed by atoms with van der Waals surface area (Å²) in [7, 11) is 0. The molecule has 2 N–H and O–H groups in total. The predicted molar refractivity (Wildman–Crippen MR) is 61.8 cm³/mol. The maximum absolute atomic E-state index is 11.1. The number of aromatic carboxylic acids is 1. The van der Waals surface area contributed by atoms with Gasteiger partial charge in [-0.05, 0) is 24.6 Å². The number of fused-ring (bicyclic) bond motifs is 1. The van der Waals surface area contributed by atoms with Crippen LogP contribution in [0.1, 0.15) is 16.2 Å². The molecule has 6 nitrogen and oxygen atoms in total. The van der Waals surface area contributed by atoms with Crippen LogP contribution in [0.5, 0.6) is 11.5 Å². The standard InChI is InChI=1S/C12H10N2O4/c1-6-10(11(12(15)16)14-13-6)7-2-3-8-9(4-7)18-5-17-8/h2-4H,5H2,1H3,(H,13,14)(H,15,16). The van der Waals surface area contributed by atoms with E-state index in [9.17, 15) is 4.79 Å². The van der Waals surface area contributed by atoms with Crippen LogP contribution in [0.15, 0.2) is 18.2 Å². The van der Waals surface area contributed by atoms with E-state index in [4.69, 9.17) is 14.6 Å². The number of aryl methyl sites for hydroxylation is 1. The highest BCUT2D eigenvalue weighted by atomic mass is 16.7. The number of hydrogen-bond acceptors (Lipinski definition) is 4. The molecule has 3 rings (SSSR count). The summed E-state index contributed by atoms with van der Waals surface area (Å²) in [6.07, 6.45) is 0. The molecule has 1 aliphatic heterocycles. The third-order valence-electron chi connectivity index (χ3n) is 2.81. The van der Waals surface area contributed by atoms with Crippen molar-refractivity contribution in [2.45, 2.75) is 6.92 Å². The molecular weight excluding hydrogens is 236 g/mol. The van der Waals surface area contributed by atoms with Crippen molar-refractivity contribution < 1.29 is 19.4 Å². The van der Waals surface area contributed by atoms with E-state index in [1.807, 2.05) is 0 Å². The molecule has 1 aromatic heterocycles. The fourth-order valence-electron chi connectivity index (χ4n) is 1.99. The summed E-state index contributed by atoms with van der Waals surface area (Å²) in [6.45, 7) is 1.97. The number of nitrogens with zero attached hydrogens (tertiary/aromatic N) is 1. The quantitative estimate of drug-likeness (QED) is 0.844. The number of H-pyrrole nitrogens is 1. The van der Waals surface area contributed by atoms with Gasteiger partial charge in [-0.25, -0.2) is 4.79 Å². The molecule has 0 atom stereocenters. The topological polar surface area (TPSA) is 84.4 Å². The fraction of sp³-hybridized carbons (Fsp3) is 0.167. The number of carboxylic acid groups (broad SMARTS) is 1. The van der Waals surface area contributed by atoms with Crippen LogP contribution in [0.4, 0.5) is 0 Å². The highest BCUT2D eigenvalue weighted by molar-refractivity contribution is 5.95. The number of aromatic amines is 1. The molecule has 0 saturated heterocycles. The average Bonchev–Trinajstić information content (AvgIpc) is 2.93.